The molecular weight excluding hydrogens is 264 g/mol. The largest absolute Gasteiger partial charge is 0.478 e. The van der Waals surface area contributed by atoms with Crippen LogP contribution in [-0.2, 0) is 6.54 Å². The molecule has 21 heavy (non-hydrogen) atoms. The number of hydrogen-bond donors (Lipinski definition) is 1. The van der Waals surface area contributed by atoms with E-state index >= 15 is 0 Å². The Balaban J connectivity index is 1.96. The normalized spacial score (nSPS) is 24.1. The number of rotatable bonds is 5. The second kappa shape index (κ2) is 7.05. The average molecular weight is 290 g/mol. The first-order valence-corrected chi connectivity index (χ1v) is 7.81. The highest BCUT2D eigenvalue weighted by Gasteiger charge is 2.28. The van der Waals surface area contributed by atoms with E-state index in [2.05, 4.69) is 30.6 Å². The number of carboxylic acids is 1. The van der Waals surface area contributed by atoms with Gasteiger partial charge in [0.05, 0.1) is 5.56 Å². The van der Waals surface area contributed by atoms with Crippen LogP contribution < -0.4 is 0 Å². The molecule has 1 fully saturated rings. The predicted molar refractivity (Wildman–Crippen MR) is 84.6 cm³/mol. The van der Waals surface area contributed by atoms with Crippen LogP contribution in [0.3, 0.4) is 0 Å². The van der Waals surface area contributed by atoms with E-state index in [1.54, 1.807) is 12.1 Å². The summed E-state index contributed by atoms with van der Waals surface area (Å²) in [4.78, 5) is 15.9. The summed E-state index contributed by atoms with van der Waals surface area (Å²) in [5.74, 6) is -0.864. The first-order chi connectivity index (χ1) is 10.0. The van der Waals surface area contributed by atoms with Gasteiger partial charge in [-0.15, -0.1) is 0 Å². The fourth-order valence-corrected chi connectivity index (χ4v) is 3.31. The van der Waals surface area contributed by atoms with Gasteiger partial charge in [-0.3, -0.25) is 9.80 Å². The van der Waals surface area contributed by atoms with E-state index in [0.29, 0.717) is 17.6 Å². The first kappa shape index (κ1) is 16.0. The molecule has 0 aliphatic carbocycles. The number of carboxylic acid groups (broad SMARTS) is 1. The predicted octanol–water partition coefficient (Wildman–Crippen LogP) is 2.69. The standard InChI is InChI=1S/C17H26N2O2/c1-4-9-19-13(2)10-18(11-14(19)3)12-15-5-7-16(8-6-15)17(20)21/h5-8,13-14H,4,9-12H2,1-3H3,(H,20,21)/t13-,14+. The fourth-order valence-electron chi connectivity index (χ4n) is 3.31. The summed E-state index contributed by atoms with van der Waals surface area (Å²) in [7, 11) is 0. The second-order valence-electron chi connectivity index (χ2n) is 6.13. The van der Waals surface area contributed by atoms with Crippen molar-refractivity contribution in [2.45, 2.75) is 45.8 Å². The van der Waals surface area contributed by atoms with Crippen molar-refractivity contribution in [3.05, 3.63) is 35.4 Å². The van der Waals surface area contributed by atoms with Crippen molar-refractivity contribution in [2.24, 2.45) is 0 Å². The van der Waals surface area contributed by atoms with Gasteiger partial charge in [-0.05, 0) is 44.5 Å². The van der Waals surface area contributed by atoms with E-state index in [0.717, 1.165) is 19.6 Å². The number of benzene rings is 1. The molecule has 0 spiro atoms. The summed E-state index contributed by atoms with van der Waals surface area (Å²) in [6.07, 6.45) is 1.20. The molecule has 1 N–H and O–H groups in total. The summed E-state index contributed by atoms with van der Waals surface area (Å²) >= 11 is 0. The maximum absolute atomic E-state index is 10.9. The van der Waals surface area contributed by atoms with Gasteiger partial charge in [-0.25, -0.2) is 4.79 Å². The third-order valence-electron chi connectivity index (χ3n) is 4.27. The van der Waals surface area contributed by atoms with Gasteiger partial charge in [0.25, 0.3) is 0 Å². The molecule has 2 rings (SSSR count). The molecule has 1 aliphatic heterocycles. The minimum Gasteiger partial charge on any atom is -0.478 e. The van der Waals surface area contributed by atoms with E-state index in [1.807, 2.05) is 12.1 Å². The number of piperazine rings is 1. The van der Waals surface area contributed by atoms with Crippen molar-refractivity contribution < 1.29 is 9.90 Å². The van der Waals surface area contributed by atoms with Crippen LogP contribution in [-0.4, -0.2) is 52.6 Å². The Labute approximate surface area is 127 Å². The molecule has 0 amide bonds. The van der Waals surface area contributed by atoms with Gasteiger partial charge in [0.15, 0.2) is 0 Å². The van der Waals surface area contributed by atoms with E-state index in [-0.39, 0.29) is 0 Å². The van der Waals surface area contributed by atoms with Crippen LogP contribution in [0.4, 0.5) is 0 Å². The number of nitrogens with zero attached hydrogens (tertiary/aromatic N) is 2. The number of hydrogen-bond acceptors (Lipinski definition) is 3. The average Bonchev–Trinajstić information content (AvgIpc) is 2.43. The summed E-state index contributed by atoms with van der Waals surface area (Å²) in [5.41, 5.74) is 1.54. The Hall–Kier alpha value is -1.39. The smallest absolute Gasteiger partial charge is 0.335 e. The van der Waals surface area contributed by atoms with Crippen molar-refractivity contribution in [1.82, 2.24) is 9.80 Å². The van der Waals surface area contributed by atoms with Crippen LogP contribution in [0.1, 0.15) is 43.1 Å². The lowest BCUT2D eigenvalue weighted by Crippen LogP contribution is -2.56. The lowest BCUT2D eigenvalue weighted by atomic mass is 10.1. The van der Waals surface area contributed by atoms with E-state index in [1.165, 1.54) is 18.5 Å². The van der Waals surface area contributed by atoms with Crippen molar-refractivity contribution >= 4 is 5.97 Å². The third-order valence-corrected chi connectivity index (χ3v) is 4.27. The summed E-state index contributed by atoms with van der Waals surface area (Å²) in [5, 5.41) is 8.93. The zero-order valence-electron chi connectivity index (χ0n) is 13.2. The first-order valence-electron chi connectivity index (χ1n) is 7.81. The molecule has 1 aliphatic rings. The molecule has 0 bridgehead atoms. The molecule has 1 aromatic rings. The van der Waals surface area contributed by atoms with Crippen LogP contribution in [0.15, 0.2) is 24.3 Å². The van der Waals surface area contributed by atoms with E-state index in [9.17, 15) is 4.79 Å². The van der Waals surface area contributed by atoms with Crippen molar-refractivity contribution in [2.75, 3.05) is 19.6 Å². The van der Waals surface area contributed by atoms with Crippen LogP contribution in [0.25, 0.3) is 0 Å². The van der Waals surface area contributed by atoms with Crippen molar-refractivity contribution in [1.29, 1.82) is 0 Å². The Morgan fingerprint density at radius 3 is 2.24 bits per heavy atom. The highest BCUT2D eigenvalue weighted by atomic mass is 16.4. The van der Waals surface area contributed by atoms with E-state index in [4.69, 9.17) is 5.11 Å². The Morgan fingerprint density at radius 2 is 1.76 bits per heavy atom. The maximum atomic E-state index is 10.9. The second-order valence-corrected chi connectivity index (χ2v) is 6.13. The zero-order chi connectivity index (χ0) is 15.4. The molecule has 0 radical (unpaired) electrons. The molecule has 4 nitrogen and oxygen atoms in total. The fraction of sp³-hybridized carbons (Fsp3) is 0.588. The van der Waals surface area contributed by atoms with Gasteiger partial charge in [0.2, 0.25) is 0 Å². The van der Waals surface area contributed by atoms with Crippen LogP contribution in [0.2, 0.25) is 0 Å². The quantitative estimate of drug-likeness (QED) is 0.905. The maximum Gasteiger partial charge on any atom is 0.335 e. The van der Waals surface area contributed by atoms with Crippen LogP contribution in [0.5, 0.6) is 0 Å². The molecule has 0 saturated carbocycles. The Bertz CT molecular complexity index is 460. The molecular formula is C17H26N2O2. The lowest BCUT2D eigenvalue weighted by molar-refractivity contribution is 0.0351. The number of carbonyl (C=O) groups is 1. The minimum absolute atomic E-state index is 0.355. The summed E-state index contributed by atoms with van der Waals surface area (Å²) in [6.45, 7) is 11.0. The SMILES string of the molecule is CCCN1[C@H](C)CN(Cc2ccc(C(=O)O)cc2)C[C@@H]1C. The van der Waals surface area contributed by atoms with Gasteiger partial charge in [-0.2, -0.15) is 0 Å². The summed E-state index contributed by atoms with van der Waals surface area (Å²) in [6, 6.07) is 8.39. The highest BCUT2D eigenvalue weighted by molar-refractivity contribution is 5.87. The molecule has 1 heterocycles. The van der Waals surface area contributed by atoms with Gasteiger partial charge >= 0.3 is 5.97 Å². The lowest BCUT2D eigenvalue weighted by Gasteiger charge is -2.44. The van der Waals surface area contributed by atoms with Crippen molar-refractivity contribution in [3.8, 4) is 0 Å². The van der Waals surface area contributed by atoms with Crippen LogP contribution >= 0.6 is 0 Å². The molecule has 1 aromatic carbocycles. The van der Waals surface area contributed by atoms with Gasteiger partial charge in [0, 0.05) is 31.7 Å². The third kappa shape index (κ3) is 4.05. The van der Waals surface area contributed by atoms with Crippen LogP contribution in [0, 0.1) is 0 Å². The van der Waals surface area contributed by atoms with Crippen molar-refractivity contribution in [3.63, 3.8) is 0 Å². The van der Waals surface area contributed by atoms with Gasteiger partial charge in [-0.1, -0.05) is 19.1 Å². The summed E-state index contributed by atoms with van der Waals surface area (Å²) < 4.78 is 0. The number of aromatic carboxylic acids is 1. The Morgan fingerprint density at radius 1 is 1.19 bits per heavy atom. The molecule has 2 atom stereocenters. The topological polar surface area (TPSA) is 43.8 Å². The molecule has 0 aromatic heterocycles. The van der Waals surface area contributed by atoms with E-state index < -0.39 is 5.97 Å². The molecule has 0 unspecified atom stereocenters. The van der Waals surface area contributed by atoms with Gasteiger partial charge in [0.1, 0.15) is 0 Å². The molecule has 4 heteroatoms. The minimum atomic E-state index is -0.864. The molecule has 116 valence electrons. The molecule has 1 saturated heterocycles. The highest BCUT2D eigenvalue weighted by Crippen LogP contribution is 2.18. The Kier molecular flexibility index (Phi) is 5.37. The zero-order valence-corrected chi connectivity index (χ0v) is 13.2. The monoisotopic (exact) mass is 290 g/mol. The van der Waals surface area contributed by atoms with Gasteiger partial charge < -0.3 is 5.11 Å².